The zero-order valence-electron chi connectivity index (χ0n) is 9.52. The molecule has 0 saturated carbocycles. The van der Waals surface area contributed by atoms with E-state index in [2.05, 4.69) is 19.9 Å². The lowest BCUT2D eigenvalue weighted by Gasteiger charge is -2.19. The van der Waals surface area contributed by atoms with E-state index in [1.54, 1.807) is 0 Å². The van der Waals surface area contributed by atoms with Crippen molar-refractivity contribution in [1.29, 1.82) is 0 Å². The van der Waals surface area contributed by atoms with Crippen LogP contribution in [0.5, 0.6) is 0 Å². The fraction of sp³-hybridized carbons (Fsp3) is 0.600. The average Bonchev–Trinajstić information content (AvgIpc) is 2.05. The SMILES string of the molecule is C=C(C)C(COP(=O)(O)OP(=O)(O)O)OP(=O)(O)O. The van der Waals surface area contributed by atoms with Crippen LogP contribution in [0.1, 0.15) is 6.92 Å². The summed E-state index contributed by atoms with van der Waals surface area (Å²) in [5.41, 5.74) is 0.0412. The van der Waals surface area contributed by atoms with Gasteiger partial charge in [-0.15, -0.1) is 0 Å². The van der Waals surface area contributed by atoms with Gasteiger partial charge in [-0.3, -0.25) is 9.05 Å². The van der Waals surface area contributed by atoms with E-state index < -0.39 is 36.2 Å². The molecule has 0 aromatic carbocycles. The molecule has 0 aliphatic heterocycles. The van der Waals surface area contributed by atoms with Crippen LogP contribution in [0.3, 0.4) is 0 Å². The van der Waals surface area contributed by atoms with E-state index in [0.29, 0.717) is 0 Å². The van der Waals surface area contributed by atoms with Crippen molar-refractivity contribution in [3.05, 3.63) is 12.2 Å². The summed E-state index contributed by atoms with van der Waals surface area (Å²) in [5.74, 6) is 0. The molecular weight excluding hydrogens is 329 g/mol. The highest BCUT2D eigenvalue weighted by Crippen LogP contribution is 2.57. The minimum atomic E-state index is -5.27. The summed E-state index contributed by atoms with van der Waals surface area (Å²) >= 11 is 0. The molecule has 0 saturated heterocycles. The van der Waals surface area contributed by atoms with Crippen LogP contribution >= 0.6 is 23.5 Å². The predicted octanol–water partition coefficient (Wildman–Crippen LogP) is 0.267. The summed E-state index contributed by atoms with van der Waals surface area (Å²) in [6, 6.07) is 0. The van der Waals surface area contributed by atoms with Crippen LogP contribution in [0.25, 0.3) is 0 Å². The monoisotopic (exact) mass is 342 g/mol. The maximum absolute atomic E-state index is 11.1. The van der Waals surface area contributed by atoms with E-state index in [0.717, 1.165) is 0 Å². The van der Waals surface area contributed by atoms with Crippen molar-refractivity contribution < 1.29 is 51.5 Å². The molecule has 2 unspecified atom stereocenters. The summed E-state index contributed by atoms with van der Waals surface area (Å²) in [6.07, 6.45) is -1.47. The normalized spacial score (nSPS) is 17.8. The van der Waals surface area contributed by atoms with Crippen molar-refractivity contribution in [1.82, 2.24) is 0 Å². The van der Waals surface area contributed by atoms with Crippen LogP contribution in [-0.2, 0) is 27.1 Å². The van der Waals surface area contributed by atoms with Crippen LogP contribution in [0.4, 0.5) is 0 Å². The van der Waals surface area contributed by atoms with Gasteiger partial charge in [-0.2, -0.15) is 4.31 Å². The molecule has 0 spiro atoms. The number of phosphoric acid groups is 3. The third-order valence-corrected chi connectivity index (χ3v) is 4.09. The van der Waals surface area contributed by atoms with Crippen LogP contribution in [-0.4, -0.2) is 37.2 Å². The van der Waals surface area contributed by atoms with E-state index in [-0.39, 0.29) is 5.57 Å². The van der Waals surface area contributed by atoms with E-state index >= 15 is 0 Å². The van der Waals surface area contributed by atoms with Crippen LogP contribution < -0.4 is 0 Å². The van der Waals surface area contributed by atoms with Crippen LogP contribution in [0, 0.1) is 0 Å². The molecule has 11 nitrogen and oxygen atoms in total. The van der Waals surface area contributed by atoms with E-state index in [9.17, 15) is 13.7 Å². The molecule has 0 aromatic rings. The van der Waals surface area contributed by atoms with Gasteiger partial charge in [0.05, 0.1) is 6.61 Å². The lowest BCUT2D eigenvalue weighted by Crippen LogP contribution is -2.19. The Kier molecular flexibility index (Phi) is 6.75. The van der Waals surface area contributed by atoms with Gasteiger partial charge in [0, 0.05) is 0 Å². The Bertz CT molecular complexity index is 459. The highest BCUT2D eigenvalue weighted by Gasteiger charge is 2.34. The maximum atomic E-state index is 11.1. The Labute approximate surface area is 107 Å². The van der Waals surface area contributed by atoms with Crippen molar-refractivity contribution in [2.24, 2.45) is 0 Å². The topological polar surface area (TPSA) is 180 Å². The fourth-order valence-electron chi connectivity index (χ4n) is 0.748. The third kappa shape index (κ3) is 10.5. The summed E-state index contributed by atoms with van der Waals surface area (Å²) in [5, 5.41) is 0. The molecule has 0 bridgehead atoms. The number of rotatable bonds is 8. The van der Waals surface area contributed by atoms with Crippen molar-refractivity contribution in [2.75, 3.05) is 6.61 Å². The first kappa shape index (κ1) is 19.1. The minimum Gasteiger partial charge on any atom is -0.303 e. The molecule has 2 atom stereocenters. The summed E-state index contributed by atoms with van der Waals surface area (Å²) < 4.78 is 43.8. The maximum Gasteiger partial charge on any atom is 0.481 e. The van der Waals surface area contributed by atoms with Gasteiger partial charge in [0.15, 0.2) is 0 Å². The summed E-state index contributed by atoms with van der Waals surface area (Å²) in [4.78, 5) is 42.7. The molecule has 0 aromatic heterocycles. The summed E-state index contributed by atoms with van der Waals surface area (Å²) in [7, 11) is -15.3. The molecule has 0 amide bonds. The van der Waals surface area contributed by atoms with Gasteiger partial charge in [0.2, 0.25) is 0 Å². The summed E-state index contributed by atoms with van der Waals surface area (Å²) in [6.45, 7) is 3.68. The molecule has 0 aliphatic rings. The Hall–Kier alpha value is 0.110. The van der Waals surface area contributed by atoms with Crippen molar-refractivity contribution in [3.8, 4) is 0 Å². The first-order chi connectivity index (χ1) is 8.22. The van der Waals surface area contributed by atoms with Crippen molar-refractivity contribution >= 4 is 23.5 Å². The van der Waals surface area contributed by atoms with Gasteiger partial charge in [-0.25, -0.2) is 13.7 Å². The largest absolute Gasteiger partial charge is 0.481 e. The minimum absolute atomic E-state index is 0.0412. The lowest BCUT2D eigenvalue weighted by atomic mass is 10.2. The zero-order chi connectivity index (χ0) is 15.5. The Morgan fingerprint density at radius 3 is 1.89 bits per heavy atom. The van der Waals surface area contributed by atoms with Gasteiger partial charge < -0.3 is 24.5 Å². The quantitative estimate of drug-likeness (QED) is 0.301. The first-order valence-electron chi connectivity index (χ1n) is 4.35. The number of phosphoric ester groups is 2. The Balaban J connectivity index is 4.65. The third-order valence-electron chi connectivity index (χ3n) is 1.41. The van der Waals surface area contributed by atoms with E-state index in [1.807, 2.05) is 0 Å². The van der Waals surface area contributed by atoms with Crippen molar-refractivity contribution in [3.63, 3.8) is 0 Å². The lowest BCUT2D eigenvalue weighted by molar-refractivity contribution is 0.0909. The predicted molar refractivity (Wildman–Crippen MR) is 60.6 cm³/mol. The van der Waals surface area contributed by atoms with Crippen LogP contribution in [0.15, 0.2) is 12.2 Å². The average molecular weight is 342 g/mol. The number of hydrogen-bond acceptors (Lipinski definition) is 6. The van der Waals surface area contributed by atoms with Gasteiger partial charge in [-0.1, -0.05) is 6.58 Å². The molecule has 14 heteroatoms. The van der Waals surface area contributed by atoms with Crippen molar-refractivity contribution in [2.45, 2.75) is 13.0 Å². The first-order valence-corrected chi connectivity index (χ1v) is 8.91. The molecule has 5 N–H and O–H groups in total. The van der Waals surface area contributed by atoms with E-state index in [1.165, 1.54) is 6.92 Å². The van der Waals surface area contributed by atoms with Gasteiger partial charge in [0.1, 0.15) is 6.10 Å². The molecule has 0 aliphatic carbocycles. The molecule has 0 radical (unpaired) electrons. The number of hydrogen-bond donors (Lipinski definition) is 5. The molecule has 0 rings (SSSR count). The molecule has 114 valence electrons. The molecule has 0 fully saturated rings. The Morgan fingerprint density at radius 2 is 1.58 bits per heavy atom. The van der Waals surface area contributed by atoms with Crippen LogP contribution in [0.2, 0.25) is 0 Å². The smallest absolute Gasteiger partial charge is 0.303 e. The zero-order valence-corrected chi connectivity index (χ0v) is 12.2. The fourth-order valence-corrected chi connectivity index (χ4v) is 2.91. The second-order valence-corrected chi connectivity index (χ2v) is 7.29. The van der Waals surface area contributed by atoms with Gasteiger partial charge in [-0.05, 0) is 12.5 Å². The van der Waals surface area contributed by atoms with Gasteiger partial charge >= 0.3 is 23.5 Å². The highest BCUT2D eigenvalue weighted by molar-refractivity contribution is 7.60. The standard InChI is InChI=1S/C5H13O11P3/c1-4(2)5(15-17(6,7)8)3-14-19(12,13)16-18(9,10)11/h5H,1,3H2,2H3,(H,12,13)(H2,6,7,8)(H2,9,10,11). The molecule has 0 heterocycles. The second-order valence-electron chi connectivity index (χ2n) is 3.27. The molecular formula is C5H13O11P3. The van der Waals surface area contributed by atoms with Gasteiger partial charge in [0.25, 0.3) is 0 Å². The second kappa shape index (κ2) is 6.71. The van der Waals surface area contributed by atoms with E-state index in [4.69, 9.17) is 24.5 Å². The Morgan fingerprint density at radius 1 is 1.11 bits per heavy atom. The highest BCUT2D eigenvalue weighted by atomic mass is 31.3. The molecule has 19 heavy (non-hydrogen) atoms.